The van der Waals surface area contributed by atoms with Gasteiger partial charge in [-0.3, -0.25) is 10.3 Å². The van der Waals surface area contributed by atoms with Gasteiger partial charge in [0.2, 0.25) is 0 Å². The van der Waals surface area contributed by atoms with E-state index < -0.39 is 0 Å². The Labute approximate surface area is 134 Å². The smallest absolute Gasteiger partial charge is 0.113 e. The summed E-state index contributed by atoms with van der Waals surface area (Å²) in [5.41, 5.74) is 1.31. The predicted octanol–water partition coefficient (Wildman–Crippen LogP) is 3.16. The van der Waals surface area contributed by atoms with Gasteiger partial charge in [-0.05, 0) is 18.4 Å². The van der Waals surface area contributed by atoms with Gasteiger partial charge in [-0.1, -0.05) is 51.1 Å². The van der Waals surface area contributed by atoms with E-state index in [4.69, 9.17) is 0 Å². The van der Waals surface area contributed by atoms with E-state index in [1.54, 1.807) is 6.34 Å². The van der Waals surface area contributed by atoms with E-state index in [0.29, 0.717) is 17.9 Å². The van der Waals surface area contributed by atoms with Crippen molar-refractivity contribution in [2.75, 3.05) is 7.05 Å². The van der Waals surface area contributed by atoms with Crippen molar-refractivity contribution in [1.82, 2.24) is 10.2 Å². The van der Waals surface area contributed by atoms with Gasteiger partial charge in [-0.15, -0.1) is 0 Å². The summed E-state index contributed by atoms with van der Waals surface area (Å²) in [7, 11) is 2.12. The van der Waals surface area contributed by atoms with Crippen molar-refractivity contribution in [1.29, 1.82) is 0 Å². The van der Waals surface area contributed by atoms with Crippen LogP contribution in [0, 0.1) is 11.8 Å². The summed E-state index contributed by atoms with van der Waals surface area (Å²) in [4.78, 5) is 11.3. The minimum absolute atomic E-state index is 0.186. The van der Waals surface area contributed by atoms with E-state index in [2.05, 4.69) is 71.4 Å². The lowest BCUT2D eigenvalue weighted by Gasteiger charge is -2.31. The molecule has 120 valence electrons. The lowest BCUT2D eigenvalue weighted by atomic mass is 9.89. The van der Waals surface area contributed by atoms with Crippen molar-refractivity contribution in [3.63, 3.8) is 0 Å². The van der Waals surface area contributed by atoms with Crippen LogP contribution in [0.3, 0.4) is 0 Å². The summed E-state index contributed by atoms with van der Waals surface area (Å²) < 4.78 is 0. The molecule has 4 unspecified atom stereocenters. The second-order valence-corrected chi connectivity index (χ2v) is 5.88. The van der Waals surface area contributed by atoms with E-state index >= 15 is 0 Å². The largest absolute Gasteiger partial charge is 0.358 e. The Balaban J connectivity index is 0.000000847. The van der Waals surface area contributed by atoms with Gasteiger partial charge in [0.05, 0.1) is 5.92 Å². The third-order valence-corrected chi connectivity index (χ3v) is 4.50. The normalized spacial score (nSPS) is 29.2. The lowest BCUT2D eigenvalue weighted by molar-refractivity contribution is 0.396. The molecule has 2 aliphatic rings. The van der Waals surface area contributed by atoms with Crippen LogP contribution in [0.4, 0.5) is 0 Å². The first-order valence-electron chi connectivity index (χ1n) is 8.27. The fourth-order valence-electron chi connectivity index (χ4n) is 3.18. The fourth-order valence-corrected chi connectivity index (χ4v) is 3.18. The van der Waals surface area contributed by atoms with Crippen molar-refractivity contribution in [2.45, 2.75) is 46.4 Å². The summed E-state index contributed by atoms with van der Waals surface area (Å²) in [6.45, 7) is 9.40. The Bertz CT molecular complexity index is 523. The minimum atomic E-state index is 0.186. The highest BCUT2D eigenvalue weighted by Gasteiger charge is 2.43. The molecule has 1 N–H and O–H groups in total. The molecule has 0 radical (unpaired) electrons. The highest BCUT2D eigenvalue weighted by Crippen LogP contribution is 2.31. The molecule has 4 atom stereocenters. The molecule has 0 saturated carbocycles. The van der Waals surface area contributed by atoms with Gasteiger partial charge in [0.1, 0.15) is 18.3 Å². The molecule has 0 spiro atoms. The summed E-state index contributed by atoms with van der Waals surface area (Å²) in [6, 6.07) is 11.0. The quantitative estimate of drug-likeness (QED) is 0.911. The number of aliphatic imine (C=N–C) groups is 2. The number of hydrogen-bond acceptors (Lipinski definition) is 4. The topological polar surface area (TPSA) is 40.0 Å². The summed E-state index contributed by atoms with van der Waals surface area (Å²) >= 11 is 0. The SMILES string of the molecule is CC.CC1NC2N=CN=C(N(C)Cc3ccccc3)C2C1C. The third-order valence-electron chi connectivity index (χ3n) is 4.50. The zero-order valence-electron chi connectivity index (χ0n) is 14.3. The summed E-state index contributed by atoms with van der Waals surface area (Å²) in [5, 5.41) is 3.55. The number of nitrogens with zero attached hydrogens (tertiary/aromatic N) is 3. The van der Waals surface area contributed by atoms with Crippen LogP contribution in [-0.2, 0) is 6.54 Å². The molecule has 3 rings (SSSR count). The van der Waals surface area contributed by atoms with Crippen LogP contribution in [0.5, 0.6) is 0 Å². The number of rotatable bonds is 2. The molecule has 1 saturated heterocycles. The van der Waals surface area contributed by atoms with Crippen LogP contribution >= 0.6 is 0 Å². The van der Waals surface area contributed by atoms with E-state index in [1.807, 2.05) is 13.8 Å². The Hall–Kier alpha value is -1.68. The number of fused-ring (bicyclic) bond motifs is 1. The van der Waals surface area contributed by atoms with E-state index in [-0.39, 0.29) is 6.17 Å². The zero-order valence-corrected chi connectivity index (χ0v) is 14.3. The molecule has 2 aliphatic heterocycles. The molecule has 1 fully saturated rings. The second-order valence-electron chi connectivity index (χ2n) is 5.88. The molecular formula is C18H28N4. The first kappa shape index (κ1) is 16.7. The molecule has 1 aromatic carbocycles. The van der Waals surface area contributed by atoms with Crippen molar-refractivity contribution < 1.29 is 0 Å². The first-order valence-corrected chi connectivity index (χ1v) is 8.27. The Morgan fingerprint density at radius 2 is 1.82 bits per heavy atom. The van der Waals surface area contributed by atoms with Gasteiger partial charge in [0, 0.05) is 19.6 Å². The van der Waals surface area contributed by atoms with Crippen molar-refractivity contribution in [3.8, 4) is 0 Å². The molecule has 2 heterocycles. The second kappa shape index (κ2) is 7.54. The maximum absolute atomic E-state index is 4.56. The highest BCUT2D eigenvalue weighted by molar-refractivity contribution is 5.93. The van der Waals surface area contributed by atoms with Crippen molar-refractivity contribution >= 4 is 12.2 Å². The number of hydrogen-bond donors (Lipinski definition) is 1. The predicted molar refractivity (Wildman–Crippen MR) is 94.2 cm³/mol. The van der Waals surface area contributed by atoms with Crippen LogP contribution in [0.2, 0.25) is 0 Å². The van der Waals surface area contributed by atoms with Crippen LogP contribution in [-0.4, -0.2) is 36.3 Å². The van der Waals surface area contributed by atoms with Gasteiger partial charge >= 0.3 is 0 Å². The van der Waals surface area contributed by atoms with E-state index in [1.165, 1.54) is 5.56 Å². The highest BCUT2D eigenvalue weighted by atomic mass is 15.2. The maximum atomic E-state index is 4.56. The molecule has 0 bridgehead atoms. The molecule has 1 aromatic rings. The summed E-state index contributed by atoms with van der Waals surface area (Å²) in [6.07, 6.45) is 1.89. The number of nitrogens with one attached hydrogen (secondary N) is 1. The molecule has 0 amide bonds. The van der Waals surface area contributed by atoms with E-state index in [9.17, 15) is 0 Å². The van der Waals surface area contributed by atoms with Crippen molar-refractivity contribution in [2.24, 2.45) is 21.8 Å². The minimum Gasteiger partial charge on any atom is -0.358 e. The van der Waals surface area contributed by atoms with Gasteiger partial charge in [-0.2, -0.15) is 0 Å². The monoisotopic (exact) mass is 300 g/mol. The van der Waals surface area contributed by atoms with Crippen LogP contribution in [0.25, 0.3) is 0 Å². The molecular weight excluding hydrogens is 272 g/mol. The maximum Gasteiger partial charge on any atom is 0.113 e. The molecule has 22 heavy (non-hydrogen) atoms. The van der Waals surface area contributed by atoms with Crippen LogP contribution < -0.4 is 5.32 Å². The Morgan fingerprint density at radius 3 is 2.50 bits per heavy atom. The number of benzene rings is 1. The lowest BCUT2D eigenvalue weighted by Crippen LogP contribution is -2.42. The zero-order chi connectivity index (χ0) is 16.1. The van der Waals surface area contributed by atoms with Gasteiger partial charge < -0.3 is 4.90 Å². The first-order chi connectivity index (χ1) is 10.7. The Kier molecular flexibility index (Phi) is 5.72. The average Bonchev–Trinajstić information content (AvgIpc) is 2.85. The molecule has 0 aromatic heterocycles. The van der Waals surface area contributed by atoms with E-state index in [0.717, 1.165) is 12.4 Å². The van der Waals surface area contributed by atoms with Gasteiger partial charge in [-0.25, -0.2) is 4.99 Å². The number of amidine groups is 1. The van der Waals surface area contributed by atoms with Gasteiger partial charge in [0.25, 0.3) is 0 Å². The summed E-state index contributed by atoms with van der Waals surface area (Å²) in [5.74, 6) is 2.08. The standard InChI is InChI=1S/C16H22N4.C2H6/c1-11-12(2)19-15-14(11)16(18-10-17-15)20(3)9-13-7-5-4-6-8-13;1-2/h4-8,10-12,14-15,19H,9H2,1-3H3;1-2H3. The fraction of sp³-hybridized carbons (Fsp3) is 0.556. The molecule has 4 heteroatoms. The third kappa shape index (κ3) is 3.38. The molecule has 0 aliphatic carbocycles. The van der Waals surface area contributed by atoms with Crippen LogP contribution in [0.15, 0.2) is 40.3 Å². The Morgan fingerprint density at radius 1 is 1.14 bits per heavy atom. The molecule has 4 nitrogen and oxygen atoms in total. The average molecular weight is 300 g/mol. The van der Waals surface area contributed by atoms with Crippen molar-refractivity contribution in [3.05, 3.63) is 35.9 Å². The van der Waals surface area contributed by atoms with Crippen LogP contribution in [0.1, 0.15) is 33.3 Å². The van der Waals surface area contributed by atoms with Gasteiger partial charge in [0.15, 0.2) is 0 Å².